The number of carbonyl (C=O) groups is 1. The molecule has 0 radical (unpaired) electrons. The average Bonchev–Trinajstić information content (AvgIpc) is 2.14. The maximum atomic E-state index is 10.7. The highest BCUT2D eigenvalue weighted by atomic mass is 16.5. The van der Waals surface area contributed by atoms with Gasteiger partial charge < -0.3 is 10.1 Å². The normalized spacial score (nSPS) is 18.0. The quantitative estimate of drug-likeness (QED) is 0.576. The number of carbonyl (C=O) groups excluding carboxylic acids is 1. The van der Waals surface area contributed by atoms with Gasteiger partial charge in [-0.05, 0) is 6.08 Å². The molecule has 0 saturated carbocycles. The van der Waals surface area contributed by atoms with E-state index >= 15 is 0 Å². The van der Waals surface area contributed by atoms with Crippen LogP contribution in [0.5, 0.6) is 0 Å². The Morgan fingerprint density at radius 3 is 3.30 bits per heavy atom. The van der Waals surface area contributed by atoms with Gasteiger partial charge in [-0.3, -0.25) is 4.79 Å². The predicted octanol–water partition coefficient (Wildman–Crippen LogP) is 0.550. The van der Waals surface area contributed by atoms with Gasteiger partial charge in [-0.2, -0.15) is 0 Å². The lowest BCUT2D eigenvalue weighted by molar-refractivity contribution is -0.120. The molecule has 0 atom stereocenters. The van der Waals surface area contributed by atoms with E-state index in [9.17, 15) is 4.79 Å². The van der Waals surface area contributed by atoms with E-state index in [-0.39, 0.29) is 5.91 Å². The van der Waals surface area contributed by atoms with Crippen molar-refractivity contribution in [1.29, 1.82) is 0 Å². The molecule has 1 aliphatic heterocycles. The number of hydrogen-bond donors (Lipinski definition) is 1. The lowest BCUT2D eigenvalue weighted by Gasteiger charge is -1.98. The standard InChI is InChI=1S/C7H9NO2/c1-2-6-5-8-7(9)3-4-10-6/h2,5H,1,3-4H2,(H,8,9). The van der Waals surface area contributed by atoms with E-state index in [1.165, 1.54) is 6.20 Å². The fourth-order valence-electron chi connectivity index (χ4n) is 0.645. The lowest BCUT2D eigenvalue weighted by atomic mass is 10.4. The Labute approximate surface area is 59.4 Å². The molecule has 0 aliphatic carbocycles. The van der Waals surface area contributed by atoms with Crippen LogP contribution < -0.4 is 5.32 Å². The predicted molar refractivity (Wildman–Crippen MR) is 37.0 cm³/mol. The molecule has 0 saturated heterocycles. The van der Waals surface area contributed by atoms with Gasteiger partial charge in [0.2, 0.25) is 5.91 Å². The molecular weight excluding hydrogens is 130 g/mol. The van der Waals surface area contributed by atoms with Crippen molar-refractivity contribution in [2.24, 2.45) is 0 Å². The average molecular weight is 139 g/mol. The van der Waals surface area contributed by atoms with E-state index in [1.807, 2.05) is 0 Å². The monoisotopic (exact) mass is 139 g/mol. The van der Waals surface area contributed by atoms with Gasteiger partial charge in [0.1, 0.15) is 5.76 Å². The molecule has 54 valence electrons. The van der Waals surface area contributed by atoms with E-state index in [0.29, 0.717) is 18.8 Å². The Morgan fingerprint density at radius 2 is 2.60 bits per heavy atom. The number of ether oxygens (including phenoxy) is 1. The molecule has 1 N–H and O–H groups in total. The minimum atomic E-state index is -0.0168. The van der Waals surface area contributed by atoms with Crippen LogP contribution in [0, 0.1) is 0 Å². The molecule has 10 heavy (non-hydrogen) atoms. The number of nitrogens with one attached hydrogen (secondary N) is 1. The highest BCUT2D eigenvalue weighted by molar-refractivity contribution is 5.77. The van der Waals surface area contributed by atoms with E-state index in [0.717, 1.165) is 0 Å². The van der Waals surface area contributed by atoms with Crippen LogP contribution in [-0.4, -0.2) is 12.5 Å². The molecule has 1 rings (SSSR count). The summed E-state index contributed by atoms with van der Waals surface area (Å²) in [6.45, 7) is 3.94. The highest BCUT2D eigenvalue weighted by Crippen LogP contribution is 2.01. The number of allylic oxidation sites excluding steroid dienone is 1. The van der Waals surface area contributed by atoms with Crippen LogP contribution in [0.4, 0.5) is 0 Å². The molecule has 0 aromatic carbocycles. The number of hydrogen-bond acceptors (Lipinski definition) is 2. The molecule has 1 aliphatic rings. The summed E-state index contributed by atoms with van der Waals surface area (Å²) in [4.78, 5) is 10.7. The molecule has 0 fully saturated rings. The van der Waals surface area contributed by atoms with Crippen LogP contribution in [0.2, 0.25) is 0 Å². The number of amides is 1. The Kier molecular flexibility index (Phi) is 2.10. The Balaban J connectivity index is 2.59. The van der Waals surface area contributed by atoms with Gasteiger partial charge in [0.05, 0.1) is 13.0 Å². The van der Waals surface area contributed by atoms with Crippen LogP contribution in [0.1, 0.15) is 6.42 Å². The van der Waals surface area contributed by atoms with Crippen LogP contribution in [0.15, 0.2) is 24.6 Å². The smallest absolute Gasteiger partial charge is 0.227 e. The summed E-state index contributed by atoms with van der Waals surface area (Å²) >= 11 is 0. The Morgan fingerprint density at radius 1 is 1.80 bits per heavy atom. The molecule has 0 spiro atoms. The minimum Gasteiger partial charge on any atom is -0.492 e. The van der Waals surface area contributed by atoms with Crippen molar-refractivity contribution in [3.63, 3.8) is 0 Å². The largest absolute Gasteiger partial charge is 0.492 e. The Hall–Kier alpha value is -1.25. The van der Waals surface area contributed by atoms with Gasteiger partial charge in [0, 0.05) is 6.20 Å². The van der Waals surface area contributed by atoms with Crippen molar-refractivity contribution in [3.05, 3.63) is 24.6 Å². The summed E-state index contributed by atoms with van der Waals surface area (Å²) in [7, 11) is 0. The third-order valence-corrected chi connectivity index (χ3v) is 1.17. The third-order valence-electron chi connectivity index (χ3n) is 1.17. The van der Waals surface area contributed by atoms with Gasteiger partial charge in [-0.15, -0.1) is 0 Å². The molecule has 1 amide bonds. The first-order valence-corrected chi connectivity index (χ1v) is 3.07. The molecule has 3 heteroatoms. The molecular formula is C7H9NO2. The van der Waals surface area contributed by atoms with Crippen molar-refractivity contribution in [2.75, 3.05) is 6.61 Å². The second-order valence-electron chi connectivity index (χ2n) is 1.92. The molecule has 0 bridgehead atoms. The first kappa shape index (κ1) is 6.86. The molecule has 0 unspecified atom stereocenters. The van der Waals surface area contributed by atoms with Crippen molar-refractivity contribution >= 4 is 5.91 Å². The fraction of sp³-hybridized carbons (Fsp3) is 0.286. The first-order chi connectivity index (χ1) is 4.83. The van der Waals surface area contributed by atoms with Crippen LogP contribution in [-0.2, 0) is 9.53 Å². The maximum absolute atomic E-state index is 10.7. The van der Waals surface area contributed by atoms with Gasteiger partial charge in [-0.25, -0.2) is 0 Å². The lowest BCUT2D eigenvalue weighted by Crippen LogP contribution is -2.15. The van der Waals surface area contributed by atoms with Crippen molar-refractivity contribution < 1.29 is 9.53 Å². The molecule has 0 aromatic heterocycles. The van der Waals surface area contributed by atoms with Gasteiger partial charge in [-0.1, -0.05) is 6.58 Å². The van der Waals surface area contributed by atoms with E-state index in [2.05, 4.69) is 11.9 Å². The molecule has 1 heterocycles. The highest BCUT2D eigenvalue weighted by Gasteiger charge is 2.04. The van der Waals surface area contributed by atoms with E-state index < -0.39 is 0 Å². The zero-order valence-corrected chi connectivity index (χ0v) is 5.59. The summed E-state index contributed by atoms with van der Waals surface area (Å²) in [5, 5.41) is 2.55. The number of rotatable bonds is 1. The van der Waals surface area contributed by atoms with E-state index in [1.54, 1.807) is 6.08 Å². The molecule has 3 nitrogen and oxygen atoms in total. The second-order valence-corrected chi connectivity index (χ2v) is 1.92. The zero-order valence-electron chi connectivity index (χ0n) is 5.59. The maximum Gasteiger partial charge on any atom is 0.227 e. The van der Waals surface area contributed by atoms with Crippen molar-refractivity contribution in [2.45, 2.75) is 6.42 Å². The van der Waals surface area contributed by atoms with Crippen molar-refractivity contribution in [3.8, 4) is 0 Å². The van der Waals surface area contributed by atoms with Crippen LogP contribution in [0.3, 0.4) is 0 Å². The summed E-state index contributed by atoms with van der Waals surface area (Å²) < 4.78 is 5.08. The van der Waals surface area contributed by atoms with Crippen LogP contribution in [0.25, 0.3) is 0 Å². The van der Waals surface area contributed by atoms with Gasteiger partial charge in [0.25, 0.3) is 0 Å². The summed E-state index contributed by atoms with van der Waals surface area (Å²) in [6, 6.07) is 0. The van der Waals surface area contributed by atoms with Crippen molar-refractivity contribution in [1.82, 2.24) is 5.32 Å². The second kappa shape index (κ2) is 3.06. The Bertz CT molecular complexity index is 184. The first-order valence-electron chi connectivity index (χ1n) is 3.07. The summed E-state index contributed by atoms with van der Waals surface area (Å²) in [6.07, 6.45) is 3.49. The zero-order chi connectivity index (χ0) is 7.40. The third kappa shape index (κ3) is 1.62. The summed E-state index contributed by atoms with van der Waals surface area (Å²) in [5.41, 5.74) is 0. The van der Waals surface area contributed by atoms with Gasteiger partial charge in [0.15, 0.2) is 0 Å². The van der Waals surface area contributed by atoms with E-state index in [4.69, 9.17) is 4.74 Å². The summed E-state index contributed by atoms with van der Waals surface area (Å²) in [5.74, 6) is 0.600. The minimum absolute atomic E-state index is 0.0168. The fourth-order valence-corrected chi connectivity index (χ4v) is 0.645. The topological polar surface area (TPSA) is 38.3 Å². The SMILES string of the molecule is C=CC1=CNC(=O)CCO1. The van der Waals surface area contributed by atoms with Crippen LogP contribution >= 0.6 is 0 Å². The molecule has 0 aromatic rings. The van der Waals surface area contributed by atoms with Gasteiger partial charge >= 0.3 is 0 Å².